The zero-order valence-corrected chi connectivity index (χ0v) is 8.95. The van der Waals surface area contributed by atoms with Crippen molar-refractivity contribution in [3.05, 3.63) is 0 Å². The molecule has 1 N–H and O–H groups in total. The van der Waals surface area contributed by atoms with Gasteiger partial charge < -0.3 is 10.1 Å². The normalized spacial score (nSPS) is 32.7. The molecule has 2 saturated heterocycles. The highest BCUT2D eigenvalue weighted by atomic mass is 16.2. The minimum absolute atomic E-state index is 0.0799. The maximum Gasteiger partial charge on any atom is 0.220 e. The van der Waals surface area contributed by atoms with Gasteiger partial charge in [0.2, 0.25) is 5.91 Å². The molecule has 0 aromatic heterocycles. The summed E-state index contributed by atoms with van der Waals surface area (Å²) < 4.78 is 0. The maximum atomic E-state index is 11.0. The summed E-state index contributed by atoms with van der Waals surface area (Å²) in [4.78, 5) is 24.1. The van der Waals surface area contributed by atoms with Crippen LogP contribution in [0.1, 0.15) is 32.1 Å². The molecule has 2 heterocycles. The fourth-order valence-electron chi connectivity index (χ4n) is 2.49. The lowest BCUT2D eigenvalue weighted by Gasteiger charge is -2.33. The lowest BCUT2D eigenvalue weighted by atomic mass is 10.0. The SMILES string of the molecule is O=CC1CCCCN1CC1CCC(=O)N1. The van der Waals surface area contributed by atoms with Gasteiger partial charge in [-0.1, -0.05) is 6.42 Å². The van der Waals surface area contributed by atoms with Crippen LogP contribution in [0.4, 0.5) is 0 Å². The molecule has 0 spiro atoms. The molecule has 15 heavy (non-hydrogen) atoms. The highest BCUT2D eigenvalue weighted by Gasteiger charge is 2.27. The van der Waals surface area contributed by atoms with E-state index in [1.165, 1.54) is 6.42 Å². The molecule has 2 unspecified atom stereocenters. The van der Waals surface area contributed by atoms with E-state index in [1.54, 1.807) is 0 Å². The third-order valence-electron chi connectivity index (χ3n) is 3.36. The fourth-order valence-corrected chi connectivity index (χ4v) is 2.49. The summed E-state index contributed by atoms with van der Waals surface area (Å²) in [6.07, 6.45) is 5.91. The van der Waals surface area contributed by atoms with Crippen LogP contribution >= 0.6 is 0 Å². The molecule has 2 fully saturated rings. The molecule has 4 nitrogen and oxygen atoms in total. The third kappa shape index (κ3) is 2.56. The Morgan fingerprint density at radius 3 is 2.93 bits per heavy atom. The molecule has 2 aliphatic rings. The topological polar surface area (TPSA) is 49.4 Å². The fraction of sp³-hybridized carbons (Fsp3) is 0.818. The molecule has 0 radical (unpaired) electrons. The van der Waals surface area contributed by atoms with Gasteiger partial charge >= 0.3 is 0 Å². The summed E-state index contributed by atoms with van der Waals surface area (Å²) in [6.45, 7) is 1.84. The van der Waals surface area contributed by atoms with Crippen molar-refractivity contribution in [3.8, 4) is 0 Å². The average molecular weight is 210 g/mol. The van der Waals surface area contributed by atoms with Crippen molar-refractivity contribution in [2.24, 2.45) is 0 Å². The Balaban J connectivity index is 1.86. The molecule has 84 valence electrons. The summed E-state index contributed by atoms with van der Waals surface area (Å²) in [6, 6.07) is 0.342. The van der Waals surface area contributed by atoms with E-state index >= 15 is 0 Å². The van der Waals surface area contributed by atoms with Crippen LogP contribution in [0.5, 0.6) is 0 Å². The van der Waals surface area contributed by atoms with E-state index in [-0.39, 0.29) is 18.0 Å². The van der Waals surface area contributed by atoms with Crippen LogP contribution in [-0.4, -0.2) is 42.3 Å². The number of hydrogen-bond acceptors (Lipinski definition) is 3. The van der Waals surface area contributed by atoms with Gasteiger partial charge in [-0.3, -0.25) is 9.69 Å². The van der Waals surface area contributed by atoms with Gasteiger partial charge in [0, 0.05) is 19.0 Å². The molecule has 0 bridgehead atoms. The summed E-state index contributed by atoms with van der Waals surface area (Å²) in [5.74, 6) is 0.152. The first-order valence-electron chi connectivity index (χ1n) is 5.78. The quantitative estimate of drug-likeness (QED) is 0.682. The van der Waals surface area contributed by atoms with Crippen LogP contribution in [0.2, 0.25) is 0 Å². The second-order valence-electron chi connectivity index (χ2n) is 4.50. The predicted octanol–water partition coefficient (Wildman–Crippen LogP) is 0.318. The Labute approximate surface area is 90.0 Å². The molecule has 1 amide bonds. The molecule has 2 atom stereocenters. The van der Waals surface area contributed by atoms with Gasteiger partial charge in [-0.2, -0.15) is 0 Å². The summed E-state index contributed by atoms with van der Waals surface area (Å²) in [5, 5.41) is 2.95. The van der Waals surface area contributed by atoms with Crippen LogP contribution in [0.15, 0.2) is 0 Å². The molecule has 0 aromatic carbocycles. The van der Waals surface area contributed by atoms with E-state index in [1.807, 2.05) is 0 Å². The highest BCUT2D eigenvalue weighted by molar-refractivity contribution is 5.78. The Morgan fingerprint density at radius 1 is 1.40 bits per heavy atom. The van der Waals surface area contributed by atoms with E-state index in [0.717, 1.165) is 38.6 Å². The molecule has 2 rings (SSSR count). The summed E-state index contributed by atoms with van der Waals surface area (Å²) in [5.41, 5.74) is 0. The second kappa shape index (κ2) is 4.75. The predicted molar refractivity (Wildman–Crippen MR) is 56.4 cm³/mol. The van der Waals surface area contributed by atoms with Crippen molar-refractivity contribution in [3.63, 3.8) is 0 Å². The Hall–Kier alpha value is -0.900. The zero-order valence-electron chi connectivity index (χ0n) is 8.95. The molecular formula is C11H18N2O2. The van der Waals surface area contributed by atoms with Crippen molar-refractivity contribution < 1.29 is 9.59 Å². The lowest BCUT2D eigenvalue weighted by Crippen LogP contribution is -2.47. The van der Waals surface area contributed by atoms with Crippen molar-refractivity contribution in [2.75, 3.05) is 13.1 Å². The number of rotatable bonds is 3. The van der Waals surface area contributed by atoms with Crippen LogP contribution in [0, 0.1) is 0 Å². The van der Waals surface area contributed by atoms with E-state index in [0.29, 0.717) is 6.42 Å². The standard InChI is InChI=1S/C11H18N2O2/c14-8-10-3-1-2-6-13(10)7-9-4-5-11(15)12-9/h8-10H,1-7H2,(H,12,15). The molecule has 0 aromatic rings. The molecule has 4 heteroatoms. The average Bonchev–Trinajstić information content (AvgIpc) is 2.65. The van der Waals surface area contributed by atoms with Gasteiger partial charge in [0.15, 0.2) is 0 Å². The number of nitrogens with zero attached hydrogens (tertiary/aromatic N) is 1. The minimum Gasteiger partial charge on any atom is -0.352 e. The zero-order chi connectivity index (χ0) is 10.7. The number of hydrogen-bond donors (Lipinski definition) is 1. The lowest BCUT2D eigenvalue weighted by molar-refractivity contribution is -0.119. The van der Waals surface area contributed by atoms with Gasteiger partial charge in [0.1, 0.15) is 6.29 Å². The monoisotopic (exact) mass is 210 g/mol. The van der Waals surface area contributed by atoms with Crippen molar-refractivity contribution >= 4 is 12.2 Å². The van der Waals surface area contributed by atoms with E-state index in [2.05, 4.69) is 10.2 Å². The van der Waals surface area contributed by atoms with Crippen LogP contribution in [0.3, 0.4) is 0 Å². The van der Waals surface area contributed by atoms with Gasteiger partial charge in [0.25, 0.3) is 0 Å². The minimum atomic E-state index is 0.0799. The Morgan fingerprint density at radius 2 is 2.27 bits per heavy atom. The smallest absolute Gasteiger partial charge is 0.220 e. The van der Waals surface area contributed by atoms with E-state index in [4.69, 9.17) is 0 Å². The van der Waals surface area contributed by atoms with Crippen molar-refractivity contribution in [1.82, 2.24) is 10.2 Å². The number of carbonyl (C=O) groups is 2. The maximum absolute atomic E-state index is 11.0. The van der Waals surface area contributed by atoms with E-state index < -0.39 is 0 Å². The first-order chi connectivity index (χ1) is 7.29. The molecular weight excluding hydrogens is 192 g/mol. The third-order valence-corrected chi connectivity index (χ3v) is 3.36. The molecule has 0 saturated carbocycles. The van der Waals surface area contributed by atoms with Crippen molar-refractivity contribution in [1.29, 1.82) is 0 Å². The number of aldehydes is 1. The van der Waals surface area contributed by atoms with Crippen molar-refractivity contribution in [2.45, 2.75) is 44.2 Å². The first-order valence-corrected chi connectivity index (χ1v) is 5.78. The van der Waals surface area contributed by atoms with Gasteiger partial charge in [0.05, 0.1) is 6.04 Å². The van der Waals surface area contributed by atoms with Crippen LogP contribution in [-0.2, 0) is 9.59 Å². The number of likely N-dealkylation sites (tertiary alicyclic amines) is 1. The largest absolute Gasteiger partial charge is 0.352 e. The van der Waals surface area contributed by atoms with Crippen LogP contribution in [0.25, 0.3) is 0 Å². The van der Waals surface area contributed by atoms with E-state index in [9.17, 15) is 9.59 Å². The Bertz CT molecular complexity index is 255. The molecule has 2 aliphatic heterocycles. The van der Waals surface area contributed by atoms with Gasteiger partial charge in [-0.15, -0.1) is 0 Å². The van der Waals surface area contributed by atoms with Crippen LogP contribution < -0.4 is 5.32 Å². The van der Waals surface area contributed by atoms with Gasteiger partial charge in [-0.05, 0) is 25.8 Å². The second-order valence-corrected chi connectivity index (χ2v) is 4.50. The number of carbonyl (C=O) groups excluding carboxylic acids is 2. The number of amides is 1. The molecule has 0 aliphatic carbocycles. The highest BCUT2D eigenvalue weighted by Crippen LogP contribution is 2.17. The summed E-state index contributed by atoms with van der Waals surface area (Å²) in [7, 11) is 0. The van der Waals surface area contributed by atoms with Gasteiger partial charge in [-0.25, -0.2) is 0 Å². The Kier molecular flexibility index (Phi) is 3.36. The summed E-state index contributed by atoms with van der Waals surface area (Å²) >= 11 is 0. The number of nitrogens with one attached hydrogen (secondary N) is 1. The first kappa shape index (κ1) is 10.6. The number of piperidine rings is 1.